The number of alkyl halides is 3. The monoisotopic (exact) mass is 405 g/mol. The zero-order valence-corrected chi connectivity index (χ0v) is 16.5. The molecule has 29 heavy (non-hydrogen) atoms. The van der Waals surface area contributed by atoms with Gasteiger partial charge in [-0.25, -0.2) is 4.98 Å². The van der Waals surface area contributed by atoms with Gasteiger partial charge in [0.15, 0.2) is 0 Å². The van der Waals surface area contributed by atoms with E-state index in [1.165, 1.54) is 11.8 Å². The Kier molecular flexibility index (Phi) is 5.38. The summed E-state index contributed by atoms with van der Waals surface area (Å²) in [5, 5.41) is 0. The second-order valence-electron chi connectivity index (χ2n) is 7.45. The number of rotatable bonds is 4. The summed E-state index contributed by atoms with van der Waals surface area (Å²) in [6.45, 7) is 3.81. The van der Waals surface area contributed by atoms with Crippen LogP contribution in [0.2, 0.25) is 0 Å². The fourth-order valence-corrected chi connectivity index (χ4v) is 3.54. The Morgan fingerprint density at radius 2 is 1.83 bits per heavy atom. The number of carbonyl (C=O) groups is 2. The van der Waals surface area contributed by atoms with Gasteiger partial charge in [0.2, 0.25) is 5.91 Å². The van der Waals surface area contributed by atoms with Crippen molar-refractivity contribution in [2.45, 2.75) is 38.5 Å². The fraction of sp³-hybridized carbons (Fsp3) is 0.381. The van der Waals surface area contributed by atoms with Crippen LogP contribution in [0.3, 0.4) is 0 Å². The van der Waals surface area contributed by atoms with Crippen molar-refractivity contribution in [2.75, 3.05) is 13.6 Å². The normalized spacial score (nSPS) is 18.9. The zero-order valence-electron chi connectivity index (χ0n) is 16.5. The summed E-state index contributed by atoms with van der Waals surface area (Å²) in [6, 6.07) is 11.4. The van der Waals surface area contributed by atoms with E-state index in [1.54, 1.807) is 18.9 Å². The number of aryl methyl sites for hydroxylation is 1. The van der Waals surface area contributed by atoms with E-state index < -0.39 is 23.3 Å². The molecule has 2 heterocycles. The van der Waals surface area contributed by atoms with Gasteiger partial charge in [0.25, 0.3) is 5.91 Å². The highest BCUT2D eigenvalue weighted by molar-refractivity contribution is 6.01. The van der Waals surface area contributed by atoms with E-state index in [0.717, 1.165) is 17.7 Å². The van der Waals surface area contributed by atoms with Gasteiger partial charge in [-0.05, 0) is 38.0 Å². The van der Waals surface area contributed by atoms with Gasteiger partial charge in [-0.1, -0.05) is 30.3 Å². The maximum atomic E-state index is 13.0. The molecule has 1 atom stereocenters. The highest BCUT2D eigenvalue weighted by atomic mass is 19.4. The third-order valence-corrected chi connectivity index (χ3v) is 5.34. The van der Waals surface area contributed by atoms with E-state index in [-0.39, 0.29) is 17.2 Å². The largest absolute Gasteiger partial charge is 0.433 e. The molecule has 1 fully saturated rings. The lowest BCUT2D eigenvalue weighted by Gasteiger charge is -2.50. The van der Waals surface area contributed by atoms with Crippen molar-refractivity contribution in [3.8, 4) is 0 Å². The lowest BCUT2D eigenvalue weighted by atomic mass is 9.84. The molecule has 1 aromatic carbocycles. The number of hydrogen-bond acceptors (Lipinski definition) is 3. The molecule has 1 aliphatic heterocycles. The minimum atomic E-state index is -4.58. The number of hydrogen-bond donors (Lipinski definition) is 0. The molecular formula is C21H22F3N3O2. The third-order valence-electron chi connectivity index (χ3n) is 5.34. The molecule has 2 aromatic rings. The van der Waals surface area contributed by atoms with E-state index in [0.29, 0.717) is 19.5 Å². The number of likely N-dealkylation sites (N-methyl/N-ethyl adjacent to an activating group) is 1. The summed E-state index contributed by atoms with van der Waals surface area (Å²) >= 11 is 0. The van der Waals surface area contributed by atoms with Crippen molar-refractivity contribution in [3.63, 3.8) is 0 Å². The van der Waals surface area contributed by atoms with Crippen LogP contribution in [-0.4, -0.2) is 45.7 Å². The van der Waals surface area contributed by atoms with Crippen molar-refractivity contribution >= 4 is 11.8 Å². The molecular weight excluding hydrogens is 383 g/mol. The number of halogens is 3. The molecule has 5 nitrogen and oxygen atoms in total. The Balaban J connectivity index is 1.77. The maximum Gasteiger partial charge on any atom is 0.433 e. The second-order valence-corrected chi connectivity index (χ2v) is 7.45. The fourth-order valence-electron chi connectivity index (χ4n) is 3.54. The summed E-state index contributed by atoms with van der Waals surface area (Å²) in [4.78, 5) is 32.5. The summed E-state index contributed by atoms with van der Waals surface area (Å²) in [5.74, 6) is -0.697. The van der Waals surface area contributed by atoms with Crippen LogP contribution >= 0.6 is 0 Å². The number of nitrogens with zero attached hydrogens (tertiary/aromatic N) is 3. The number of amides is 2. The van der Waals surface area contributed by atoms with E-state index in [4.69, 9.17) is 0 Å². The molecule has 154 valence electrons. The Labute approximate surface area is 167 Å². The summed E-state index contributed by atoms with van der Waals surface area (Å²) in [5.41, 5.74) is -1.05. The summed E-state index contributed by atoms with van der Waals surface area (Å²) < 4.78 is 38.5. The maximum absolute atomic E-state index is 13.0. The van der Waals surface area contributed by atoms with Crippen molar-refractivity contribution in [3.05, 3.63) is 65.0 Å². The molecule has 3 rings (SSSR count). The van der Waals surface area contributed by atoms with Gasteiger partial charge in [-0.3, -0.25) is 9.59 Å². The molecule has 8 heteroatoms. The molecule has 0 saturated carbocycles. The first kappa shape index (κ1) is 20.8. The van der Waals surface area contributed by atoms with Crippen molar-refractivity contribution in [1.82, 2.24) is 14.8 Å². The van der Waals surface area contributed by atoms with Crippen LogP contribution in [0.15, 0.2) is 42.5 Å². The number of likely N-dealkylation sites (tertiary alicyclic amines) is 1. The van der Waals surface area contributed by atoms with Gasteiger partial charge in [0.05, 0.1) is 11.3 Å². The zero-order chi connectivity index (χ0) is 21.4. The Morgan fingerprint density at radius 1 is 1.17 bits per heavy atom. The number of pyridine rings is 1. The van der Waals surface area contributed by atoms with Gasteiger partial charge in [-0.15, -0.1) is 0 Å². The van der Waals surface area contributed by atoms with Crippen molar-refractivity contribution in [1.29, 1.82) is 0 Å². The van der Waals surface area contributed by atoms with E-state index in [1.807, 2.05) is 30.3 Å². The highest BCUT2D eigenvalue weighted by Gasteiger charge is 2.51. The first-order chi connectivity index (χ1) is 13.5. The number of benzene rings is 1. The van der Waals surface area contributed by atoms with Gasteiger partial charge in [0.1, 0.15) is 11.2 Å². The van der Waals surface area contributed by atoms with E-state index >= 15 is 0 Å². The SMILES string of the molecule is Cc1nc(C(F)(F)F)ccc1C(=O)N1CCC1(C)C(=O)N(C)Cc1ccccc1. The lowest BCUT2D eigenvalue weighted by Crippen LogP contribution is -2.67. The summed E-state index contributed by atoms with van der Waals surface area (Å²) in [6.07, 6.45) is -4.09. The topological polar surface area (TPSA) is 53.5 Å². The molecule has 0 radical (unpaired) electrons. The molecule has 1 aromatic heterocycles. The lowest BCUT2D eigenvalue weighted by molar-refractivity contribution is -0.148. The first-order valence-electron chi connectivity index (χ1n) is 9.20. The van der Waals surface area contributed by atoms with Gasteiger partial charge in [0, 0.05) is 20.1 Å². The minimum absolute atomic E-state index is 0.0100. The third kappa shape index (κ3) is 3.97. The molecule has 2 amide bonds. The Morgan fingerprint density at radius 3 is 2.34 bits per heavy atom. The standard InChI is InChI=1S/C21H22F3N3O2/c1-14-16(9-10-17(25-14)21(22,23)24)18(28)27-12-11-20(27,2)19(29)26(3)13-15-7-5-4-6-8-15/h4-10H,11-13H2,1-3H3. The predicted octanol–water partition coefficient (Wildman–Crippen LogP) is 3.67. The number of carbonyl (C=O) groups excluding carboxylic acids is 2. The number of aromatic nitrogens is 1. The van der Waals surface area contributed by atoms with E-state index in [2.05, 4.69) is 4.98 Å². The van der Waals surface area contributed by atoms with Crippen molar-refractivity contribution in [2.24, 2.45) is 0 Å². The van der Waals surface area contributed by atoms with Gasteiger partial charge in [-0.2, -0.15) is 13.2 Å². The molecule has 0 bridgehead atoms. The smallest absolute Gasteiger partial charge is 0.339 e. The average Bonchev–Trinajstić information content (AvgIpc) is 2.65. The van der Waals surface area contributed by atoms with Crippen LogP contribution in [0.4, 0.5) is 13.2 Å². The minimum Gasteiger partial charge on any atom is -0.339 e. The quantitative estimate of drug-likeness (QED) is 0.780. The Hall–Kier alpha value is -2.90. The predicted molar refractivity (Wildman–Crippen MR) is 101 cm³/mol. The van der Waals surface area contributed by atoms with Crippen LogP contribution in [-0.2, 0) is 17.5 Å². The van der Waals surface area contributed by atoms with Crippen LogP contribution in [0.5, 0.6) is 0 Å². The highest BCUT2D eigenvalue weighted by Crippen LogP contribution is 2.35. The summed E-state index contributed by atoms with van der Waals surface area (Å²) in [7, 11) is 1.67. The van der Waals surface area contributed by atoms with Crippen LogP contribution in [0, 0.1) is 6.92 Å². The molecule has 1 unspecified atom stereocenters. The molecule has 1 aliphatic rings. The van der Waals surface area contributed by atoms with Gasteiger partial charge >= 0.3 is 6.18 Å². The van der Waals surface area contributed by atoms with Crippen LogP contribution in [0.1, 0.15) is 40.7 Å². The average molecular weight is 405 g/mol. The molecule has 0 N–H and O–H groups in total. The Bertz CT molecular complexity index is 931. The molecule has 0 spiro atoms. The van der Waals surface area contributed by atoms with Gasteiger partial charge < -0.3 is 9.80 Å². The van der Waals surface area contributed by atoms with Crippen LogP contribution in [0.25, 0.3) is 0 Å². The second kappa shape index (κ2) is 7.50. The van der Waals surface area contributed by atoms with Crippen molar-refractivity contribution < 1.29 is 22.8 Å². The molecule has 0 aliphatic carbocycles. The molecule has 1 saturated heterocycles. The van der Waals surface area contributed by atoms with E-state index in [9.17, 15) is 22.8 Å². The van der Waals surface area contributed by atoms with Crippen LogP contribution < -0.4 is 0 Å². The first-order valence-corrected chi connectivity index (χ1v) is 9.20.